The number of hydrogen-bond donors (Lipinski definition) is 1. The highest BCUT2D eigenvalue weighted by atomic mass is 32.2. The molecule has 0 amide bonds. The molecule has 0 radical (unpaired) electrons. The summed E-state index contributed by atoms with van der Waals surface area (Å²) in [6.07, 6.45) is 1.16. The minimum absolute atomic E-state index is 0.0426. The molecular formula is C8H10N2O3S. The van der Waals surface area contributed by atoms with Crippen molar-refractivity contribution < 1.29 is 13.2 Å². The molecule has 0 aliphatic heterocycles. The number of carbonyl (C=O) groups excluding carboxylic acids is 1. The maximum atomic E-state index is 11.3. The summed E-state index contributed by atoms with van der Waals surface area (Å²) < 4.78 is 22.4. The normalized spacial score (nSPS) is 11.2. The van der Waals surface area contributed by atoms with Crippen LogP contribution in [0.3, 0.4) is 0 Å². The topological polar surface area (TPSA) is 90.1 Å². The lowest BCUT2D eigenvalue weighted by molar-refractivity contribution is 0.107. The first kappa shape index (κ1) is 10.6. The second-order valence-electron chi connectivity index (χ2n) is 2.66. The van der Waals surface area contributed by atoms with Gasteiger partial charge in [0.15, 0.2) is 0 Å². The molecule has 0 saturated heterocycles. The molecule has 0 saturated carbocycles. The molecule has 14 heavy (non-hydrogen) atoms. The Hall–Kier alpha value is -1.43. The molecule has 1 aromatic rings. The van der Waals surface area contributed by atoms with Crippen molar-refractivity contribution in [3.63, 3.8) is 0 Å². The Morgan fingerprint density at radius 1 is 1.50 bits per heavy atom. The Kier molecular flexibility index (Phi) is 2.85. The van der Waals surface area contributed by atoms with E-state index >= 15 is 0 Å². The zero-order valence-corrected chi connectivity index (χ0v) is 8.41. The first-order valence-corrected chi connectivity index (χ1v) is 5.61. The van der Waals surface area contributed by atoms with Crippen molar-refractivity contribution in [1.29, 1.82) is 0 Å². The number of nitrogen functional groups attached to an aromatic ring is 1. The number of carbonyl (C=O) groups is 1. The van der Waals surface area contributed by atoms with Crippen molar-refractivity contribution in [2.24, 2.45) is 0 Å². The van der Waals surface area contributed by atoms with Crippen LogP contribution in [-0.4, -0.2) is 24.3 Å². The van der Waals surface area contributed by atoms with Gasteiger partial charge in [0.1, 0.15) is 5.82 Å². The van der Waals surface area contributed by atoms with Crippen LogP contribution in [0.25, 0.3) is 0 Å². The van der Waals surface area contributed by atoms with E-state index in [2.05, 4.69) is 4.98 Å². The van der Waals surface area contributed by atoms with Gasteiger partial charge in [0.2, 0.25) is 9.84 Å². The van der Waals surface area contributed by atoms with Crippen molar-refractivity contribution in [1.82, 2.24) is 4.98 Å². The van der Waals surface area contributed by atoms with E-state index in [1.807, 2.05) is 0 Å². The molecule has 76 valence electrons. The number of anilines is 1. The number of nitrogens with zero attached hydrogens (tertiary/aromatic N) is 1. The fourth-order valence-electron chi connectivity index (χ4n) is 0.837. The predicted molar refractivity (Wildman–Crippen MR) is 52.4 cm³/mol. The average Bonchev–Trinajstić information content (AvgIpc) is 2.18. The Balaban J connectivity index is 3.08. The van der Waals surface area contributed by atoms with E-state index in [-0.39, 0.29) is 17.1 Å². The van der Waals surface area contributed by atoms with Crippen LogP contribution < -0.4 is 5.73 Å². The van der Waals surface area contributed by atoms with Crippen LogP contribution in [-0.2, 0) is 9.84 Å². The highest BCUT2D eigenvalue weighted by Crippen LogP contribution is 2.07. The monoisotopic (exact) mass is 214 g/mol. The molecule has 1 aromatic heterocycles. The molecule has 0 unspecified atom stereocenters. The lowest BCUT2D eigenvalue weighted by Gasteiger charge is -1.99. The largest absolute Gasteiger partial charge is 0.384 e. The summed E-state index contributed by atoms with van der Waals surface area (Å²) in [4.78, 5) is 15.0. The summed E-state index contributed by atoms with van der Waals surface area (Å²) in [5.41, 5.74) is 5.34. The highest BCUT2D eigenvalue weighted by Gasteiger charge is 2.21. The third-order valence-corrected chi connectivity index (χ3v) is 3.25. The quantitative estimate of drug-likeness (QED) is 0.761. The number of aromatic nitrogens is 1. The van der Waals surface area contributed by atoms with Crippen molar-refractivity contribution in [2.75, 3.05) is 11.5 Å². The summed E-state index contributed by atoms with van der Waals surface area (Å²) in [6, 6.07) is 2.73. The molecule has 0 spiro atoms. The van der Waals surface area contributed by atoms with E-state index in [9.17, 15) is 13.2 Å². The molecule has 0 fully saturated rings. The van der Waals surface area contributed by atoms with Crippen LogP contribution in [0, 0.1) is 0 Å². The van der Waals surface area contributed by atoms with E-state index in [1.54, 1.807) is 0 Å². The second-order valence-corrected chi connectivity index (χ2v) is 4.84. The molecular weight excluding hydrogens is 204 g/mol. The standard InChI is InChI=1S/C8H10N2O3S/c1-2-14(12,13)8(11)6-3-4-7(9)10-5-6/h3-5H,2H2,1H3,(H2,9,10). The number of hydrogen-bond acceptors (Lipinski definition) is 5. The van der Waals surface area contributed by atoms with E-state index in [1.165, 1.54) is 19.1 Å². The molecule has 0 aliphatic rings. The van der Waals surface area contributed by atoms with Crippen LogP contribution in [0.4, 0.5) is 5.82 Å². The summed E-state index contributed by atoms with van der Waals surface area (Å²) in [7, 11) is -3.68. The minimum atomic E-state index is -3.68. The van der Waals surface area contributed by atoms with Crippen molar-refractivity contribution in [3.05, 3.63) is 23.9 Å². The number of nitrogens with two attached hydrogens (primary N) is 1. The molecule has 0 aliphatic carbocycles. The van der Waals surface area contributed by atoms with Crippen molar-refractivity contribution in [3.8, 4) is 0 Å². The smallest absolute Gasteiger partial charge is 0.278 e. The molecule has 0 bridgehead atoms. The minimum Gasteiger partial charge on any atom is -0.384 e. The predicted octanol–water partition coefficient (Wildman–Crippen LogP) is 0.239. The highest BCUT2D eigenvalue weighted by molar-refractivity contribution is 8.06. The Bertz CT molecular complexity index is 436. The van der Waals surface area contributed by atoms with Gasteiger partial charge < -0.3 is 5.73 Å². The summed E-state index contributed by atoms with van der Waals surface area (Å²) in [5.74, 6) is 0.0337. The van der Waals surface area contributed by atoms with Gasteiger partial charge in [-0.1, -0.05) is 6.92 Å². The van der Waals surface area contributed by atoms with Crippen molar-refractivity contribution >= 4 is 20.8 Å². The van der Waals surface area contributed by atoms with Crippen LogP contribution in [0.15, 0.2) is 18.3 Å². The van der Waals surface area contributed by atoms with Gasteiger partial charge in [-0.25, -0.2) is 13.4 Å². The van der Waals surface area contributed by atoms with Gasteiger partial charge in [0.05, 0.1) is 11.3 Å². The lowest BCUT2D eigenvalue weighted by Crippen LogP contribution is -2.17. The van der Waals surface area contributed by atoms with Gasteiger partial charge in [-0.2, -0.15) is 0 Å². The zero-order valence-electron chi connectivity index (χ0n) is 7.60. The number of sulfone groups is 1. The van der Waals surface area contributed by atoms with Gasteiger partial charge >= 0.3 is 0 Å². The fourth-order valence-corrected chi connectivity index (χ4v) is 1.58. The van der Waals surface area contributed by atoms with E-state index < -0.39 is 15.0 Å². The Labute approximate surface area is 81.9 Å². The first-order chi connectivity index (χ1) is 6.47. The van der Waals surface area contributed by atoms with Gasteiger partial charge in [-0.15, -0.1) is 0 Å². The van der Waals surface area contributed by atoms with Crippen LogP contribution in [0.1, 0.15) is 17.3 Å². The van der Waals surface area contributed by atoms with Gasteiger partial charge in [-0.3, -0.25) is 4.79 Å². The van der Waals surface area contributed by atoms with Crippen LogP contribution in [0.5, 0.6) is 0 Å². The zero-order chi connectivity index (χ0) is 10.8. The van der Waals surface area contributed by atoms with Crippen LogP contribution in [0.2, 0.25) is 0 Å². The van der Waals surface area contributed by atoms with Gasteiger partial charge in [-0.05, 0) is 12.1 Å². The second kappa shape index (κ2) is 3.75. The third kappa shape index (κ3) is 2.08. The molecule has 0 atom stereocenters. The van der Waals surface area contributed by atoms with Gasteiger partial charge in [0.25, 0.3) is 5.12 Å². The molecule has 6 heteroatoms. The SMILES string of the molecule is CCS(=O)(=O)C(=O)c1ccc(N)nc1. The molecule has 0 aromatic carbocycles. The molecule has 2 N–H and O–H groups in total. The molecule has 1 rings (SSSR count). The Morgan fingerprint density at radius 2 is 2.14 bits per heavy atom. The van der Waals surface area contributed by atoms with Crippen molar-refractivity contribution in [2.45, 2.75) is 6.92 Å². The summed E-state index contributed by atoms with van der Waals surface area (Å²) in [6.45, 7) is 1.41. The molecule has 5 nitrogen and oxygen atoms in total. The maximum Gasteiger partial charge on any atom is 0.278 e. The number of rotatable bonds is 2. The molecule has 1 heterocycles. The average molecular weight is 214 g/mol. The Morgan fingerprint density at radius 3 is 2.57 bits per heavy atom. The fraction of sp³-hybridized carbons (Fsp3) is 0.250. The lowest BCUT2D eigenvalue weighted by atomic mass is 10.3. The maximum absolute atomic E-state index is 11.3. The van der Waals surface area contributed by atoms with E-state index in [0.717, 1.165) is 6.20 Å². The third-order valence-electron chi connectivity index (χ3n) is 1.68. The number of pyridine rings is 1. The summed E-state index contributed by atoms with van der Waals surface area (Å²) in [5, 5.41) is -0.910. The van der Waals surface area contributed by atoms with Gasteiger partial charge in [0, 0.05) is 6.20 Å². The summed E-state index contributed by atoms with van der Waals surface area (Å²) >= 11 is 0. The van der Waals surface area contributed by atoms with E-state index in [0.29, 0.717) is 0 Å². The van der Waals surface area contributed by atoms with Crippen LogP contribution >= 0.6 is 0 Å². The first-order valence-electron chi connectivity index (χ1n) is 3.96. The van der Waals surface area contributed by atoms with E-state index in [4.69, 9.17) is 5.73 Å².